The molecule has 2 rings (SSSR count). The van der Waals surface area contributed by atoms with Gasteiger partial charge < -0.3 is 0 Å². The molecule has 1 aromatic carbocycles. The first kappa shape index (κ1) is 15.4. The average molecular weight is 306 g/mol. The quantitative estimate of drug-likeness (QED) is 0.297. The number of benzene rings is 1. The molecule has 110 valence electrons. The molecule has 0 aliphatic rings. The van der Waals surface area contributed by atoms with Crippen molar-refractivity contribution in [2.75, 3.05) is 0 Å². The van der Waals surface area contributed by atoms with Crippen molar-refractivity contribution < 1.29 is 9.18 Å². The number of hydrazine groups is 1. The summed E-state index contributed by atoms with van der Waals surface area (Å²) < 4.78 is 13.8. The molecule has 5 nitrogen and oxygen atoms in total. The van der Waals surface area contributed by atoms with Gasteiger partial charge in [-0.1, -0.05) is 11.8 Å². The monoisotopic (exact) mass is 306 g/mol. The number of hydrogen-bond donors (Lipinski definition) is 2. The number of aryl methyl sites for hydroxylation is 2. The number of aromatic nitrogens is 2. The Bertz CT molecular complexity index is 658. The number of carbonyl (C=O) groups excluding carboxylic acids is 1. The summed E-state index contributed by atoms with van der Waals surface area (Å²) >= 11 is 1.32. The molecule has 1 amide bonds. The lowest BCUT2D eigenvalue weighted by Crippen LogP contribution is -2.30. The smallest absolute Gasteiger partial charge is 0.265 e. The predicted octanol–water partition coefficient (Wildman–Crippen LogP) is 2.13. The summed E-state index contributed by atoms with van der Waals surface area (Å²) in [6.45, 7) is 3.76. The lowest BCUT2D eigenvalue weighted by Gasteiger charge is -2.06. The van der Waals surface area contributed by atoms with E-state index in [4.69, 9.17) is 5.84 Å². The summed E-state index contributed by atoms with van der Waals surface area (Å²) in [5.74, 6) is 4.58. The van der Waals surface area contributed by atoms with Crippen molar-refractivity contribution in [3.63, 3.8) is 0 Å². The first-order valence-electron chi connectivity index (χ1n) is 6.24. The number of hydrogen-bond acceptors (Lipinski definition) is 5. The largest absolute Gasteiger partial charge is 0.290 e. The fourth-order valence-electron chi connectivity index (χ4n) is 1.81. The molecule has 2 aromatic rings. The molecule has 0 aliphatic heterocycles. The van der Waals surface area contributed by atoms with E-state index in [1.165, 1.54) is 30.0 Å². The topological polar surface area (TPSA) is 80.9 Å². The molecule has 0 fully saturated rings. The third-order valence-electron chi connectivity index (χ3n) is 2.76. The molecule has 0 bridgehead atoms. The SMILES string of the molecule is Cc1cc(C)nc(SCc2cc(C(=O)NN)ccc2F)n1. The Kier molecular flexibility index (Phi) is 4.87. The van der Waals surface area contributed by atoms with Crippen LogP contribution in [0.2, 0.25) is 0 Å². The number of thioether (sulfide) groups is 1. The van der Waals surface area contributed by atoms with Gasteiger partial charge in [0.05, 0.1) is 0 Å². The number of rotatable bonds is 4. The Balaban J connectivity index is 2.17. The second-order valence-electron chi connectivity index (χ2n) is 4.50. The molecule has 0 unspecified atom stereocenters. The Morgan fingerprint density at radius 1 is 1.29 bits per heavy atom. The van der Waals surface area contributed by atoms with E-state index in [0.717, 1.165) is 11.4 Å². The molecule has 1 aromatic heterocycles. The van der Waals surface area contributed by atoms with Gasteiger partial charge in [0.15, 0.2) is 5.16 Å². The third kappa shape index (κ3) is 3.99. The number of nitrogen functional groups attached to an aromatic ring is 1. The van der Waals surface area contributed by atoms with Gasteiger partial charge in [-0.25, -0.2) is 20.2 Å². The van der Waals surface area contributed by atoms with Crippen LogP contribution in [-0.4, -0.2) is 15.9 Å². The van der Waals surface area contributed by atoms with Gasteiger partial charge in [-0.3, -0.25) is 10.2 Å². The maximum absolute atomic E-state index is 13.8. The molecule has 7 heteroatoms. The third-order valence-corrected chi connectivity index (χ3v) is 3.65. The highest BCUT2D eigenvalue weighted by Crippen LogP contribution is 2.22. The van der Waals surface area contributed by atoms with E-state index >= 15 is 0 Å². The van der Waals surface area contributed by atoms with Gasteiger partial charge in [0.25, 0.3) is 5.91 Å². The molecule has 0 atom stereocenters. The van der Waals surface area contributed by atoms with Crippen molar-refractivity contribution >= 4 is 17.7 Å². The molecule has 0 saturated heterocycles. The Morgan fingerprint density at radius 2 is 1.95 bits per heavy atom. The van der Waals surface area contributed by atoms with Gasteiger partial charge in [-0.2, -0.15) is 0 Å². The van der Waals surface area contributed by atoms with Crippen LogP contribution < -0.4 is 11.3 Å². The van der Waals surface area contributed by atoms with Crippen molar-refractivity contribution in [3.8, 4) is 0 Å². The van der Waals surface area contributed by atoms with Crippen LogP contribution in [0.4, 0.5) is 4.39 Å². The highest BCUT2D eigenvalue weighted by atomic mass is 32.2. The molecule has 0 radical (unpaired) electrons. The van der Waals surface area contributed by atoms with Crippen LogP contribution in [0, 0.1) is 19.7 Å². The Hall–Kier alpha value is -1.99. The molecular formula is C14H15FN4OS. The first-order chi connectivity index (χ1) is 9.99. The zero-order valence-electron chi connectivity index (χ0n) is 11.7. The summed E-state index contributed by atoms with van der Waals surface area (Å²) in [6.07, 6.45) is 0. The molecule has 0 saturated carbocycles. The second kappa shape index (κ2) is 6.64. The van der Waals surface area contributed by atoms with Gasteiger partial charge in [0.1, 0.15) is 5.82 Å². The van der Waals surface area contributed by atoms with E-state index in [1.54, 1.807) is 0 Å². The normalized spacial score (nSPS) is 10.5. The van der Waals surface area contributed by atoms with Gasteiger partial charge in [0.2, 0.25) is 0 Å². The van der Waals surface area contributed by atoms with Crippen LogP contribution in [0.5, 0.6) is 0 Å². The lowest BCUT2D eigenvalue weighted by molar-refractivity contribution is 0.0953. The van der Waals surface area contributed by atoms with Crippen molar-refractivity contribution in [1.82, 2.24) is 15.4 Å². The van der Waals surface area contributed by atoms with Crippen LogP contribution in [0.25, 0.3) is 0 Å². The van der Waals surface area contributed by atoms with Crippen molar-refractivity contribution in [2.45, 2.75) is 24.8 Å². The van der Waals surface area contributed by atoms with E-state index in [0.29, 0.717) is 22.0 Å². The molecular weight excluding hydrogens is 291 g/mol. The fraction of sp³-hybridized carbons (Fsp3) is 0.214. The molecule has 1 heterocycles. The Morgan fingerprint density at radius 3 is 2.57 bits per heavy atom. The summed E-state index contributed by atoms with van der Waals surface area (Å²) in [5, 5.41) is 0.584. The minimum Gasteiger partial charge on any atom is -0.290 e. The summed E-state index contributed by atoms with van der Waals surface area (Å²) in [4.78, 5) is 20.0. The minimum atomic E-state index is -0.455. The van der Waals surface area contributed by atoms with Crippen molar-refractivity contribution in [3.05, 3.63) is 52.6 Å². The predicted molar refractivity (Wildman–Crippen MR) is 79.1 cm³/mol. The lowest BCUT2D eigenvalue weighted by atomic mass is 10.1. The highest BCUT2D eigenvalue weighted by molar-refractivity contribution is 7.98. The second-order valence-corrected chi connectivity index (χ2v) is 5.44. The number of halogens is 1. The van der Waals surface area contributed by atoms with E-state index in [-0.39, 0.29) is 5.82 Å². The van der Waals surface area contributed by atoms with Gasteiger partial charge in [-0.05, 0) is 43.7 Å². The number of carbonyl (C=O) groups is 1. The maximum atomic E-state index is 13.8. The van der Waals surface area contributed by atoms with Gasteiger partial charge in [-0.15, -0.1) is 0 Å². The number of amides is 1. The molecule has 3 N–H and O–H groups in total. The fourth-order valence-corrected chi connectivity index (χ4v) is 2.73. The molecule has 0 spiro atoms. The minimum absolute atomic E-state index is 0.316. The zero-order chi connectivity index (χ0) is 15.4. The van der Waals surface area contributed by atoms with E-state index < -0.39 is 5.91 Å². The van der Waals surface area contributed by atoms with Crippen LogP contribution in [0.1, 0.15) is 27.3 Å². The standard InChI is InChI=1S/C14H15FN4OS/c1-8-5-9(2)18-14(17-8)21-7-11-6-10(13(20)19-16)3-4-12(11)15/h3-6H,7,16H2,1-2H3,(H,19,20). The number of nitrogens with two attached hydrogens (primary N) is 1. The van der Waals surface area contributed by atoms with E-state index in [9.17, 15) is 9.18 Å². The van der Waals surface area contributed by atoms with E-state index in [1.807, 2.05) is 25.3 Å². The summed E-state index contributed by atoms with van der Waals surface area (Å²) in [5.41, 5.74) is 4.47. The van der Waals surface area contributed by atoms with Gasteiger partial charge in [0, 0.05) is 22.7 Å². The number of nitrogens with zero attached hydrogens (tertiary/aromatic N) is 2. The van der Waals surface area contributed by atoms with Gasteiger partial charge >= 0.3 is 0 Å². The average Bonchev–Trinajstić information content (AvgIpc) is 2.44. The van der Waals surface area contributed by atoms with Crippen molar-refractivity contribution in [2.24, 2.45) is 5.84 Å². The van der Waals surface area contributed by atoms with Crippen LogP contribution in [0.3, 0.4) is 0 Å². The maximum Gasteiger partial charge on any atom is 0.265 e. The summed E-state index contributed by atoms with van der Waals surface area (Å²) in [7, 11) is 0. The van der Waals surface area contributed by atoms with Crippen LogP contribution in [-0.2, 0) is 5.75 Å². The van der Waals surface area contributed by atoms with Crippen molar-refractivity contribution in [1.29, 1.82) is 0 Å². The number of nitrogens with one attached hydrogen (secondary N) is 1. The molecule has 0 aliphatic carbocycles. The van der Waals surface area contributed by atoms with Crippen LogP contribution in [0.15, 0.2) is 29.4 Å². The van der Waals surface area contributed by atoms with Crippen LogP contribution >= 0.6 is 11.8 Å². The zero-order valence-corrected chi connectivity index (χ0v) is 12.5. The summed E-state index contributed by atoms with van der Waals surface area (Å²) in [6, 6.07) is 5.99. The first-order valence-corrected chi connectivity index (χ1v) is 7.22. The Labute approximate surface area is 126 Å². The molecule has 21 heavy (non-hydrogen) atoms. The highest BCUT2D eigenvalue weighted by Gasteiger charge is 2.10. The van der Waals surface area contributed by atoms with E-state index in [2.05, 4.69) is 9.97 Å².